The van der Waals surface area contributed by atoms with E-state index >= 15 is 0 Å². The predicted octanol–water partition coefficient (Wildman–Crippen LogP) is 1.91. The molecule has 4 nitrogen and oxygen atoms in total. The molecule has 2 rings (SSSR count). The maximum Gasteiger partial charge on any atom is 0.223 e. The Morgan fingerprint density at radius 2 is 2.43 bits per heavy atom. The lowest BCUT2D eigenvalue weighted by Gasteiger charge is -2.17. The van der Waals surface area contributed by atoms with Crippen molar-refractivity contribution in [2.45, 2.75) is 26.2 Å². The van der Waals surface area contributed by atoms with E-state index in [1.165, 1.54) is 16.6 Å². The van der Waals surface area contributed by atoms with Crippen LogP contribution in [0.25, 0.3) is 0 Å². The fourth-order valence-corrected chi connectivity index (χ4v) is 2.02. The molecule has 0 aliphatic carbocycles. The highest BCUT2D eigenvalue weighted by Crippen LogP contribution is 2.22. The second-order valence-electron chi connectivity index (χ2n) is 3.32. The van der Waals surface area contributed by atoms with Crippen LogP contribution in [0.5, 0.6) is 0 Å². The van der Waals surface area contributed by atoms with Crippen molar-refractivity contribution in [3.63, 3.8) is 0 Å². The topological polar surface area (TPSA) is 51.0 Å². The quantitative estimate of drug-likeness (QED) is 0.880. The molecule has 76 valence electrons. The van der Waals surface area contributed by atoms with Crippen molar-refractivity contribution in [1.29, 1.82) is 0 Å². The van der Waals surface area contributed by atoms with E-state index in [4.69, 9.17) is 4.52 Å². The van der Waals surface area contributed by atoms with Gasteiger partial charge in [-0.15, -0.1) is 0 Å². The first kappa shape index (κ1) is 9.71. The Morgan fingerprint density at radius 3 is 3.07 bits per heavy atom. The third kappa shape index (κ3) is 2.15. The highest BCUT2D eigenvalue weighted by molar-refractivity contribution is 9.11. The molecule has 0 saturated heterocycles. The summed E-state index contributed by atoms with van der Waals surface area (Å²) in [5.74, 6) is 1.36. The zero-order valence-corrected chi connectivity index (χ0v) is 9.60. The number of hydrogen-bond acceptors (Lipinski definition) is 4. The van der Waals surface area contributed by atoms with Crippen LogP contribution in [0.1, 0.15) is 24.6 Å². The number of rotatable bonds is 2. The number of aromatic nitrogens is 2. The molecule has 1 aliphatic rings. The first-order valence-corrected chi connectivity index (χ1v) is 5.45. The van der Waals surface area contributed by atoms with Crippen LogP contribution in [0, 0.1) is 6.92 Å². The zero-order valence-electron chi connectivity index (χ0n) is 8.01. The summed E-state index contributed by atoms with van der Waals surface area (Å²) < 4.78 is 6.14. The van der Waals surface area contributed by atoms with Gasteiger partial charge in [0.25, 0.3) is 0 Å². The van der Waals surface area contributed by atoms with Gasteiger partial charge in [-0.25, -0.2) is 0 Å². The van der Waals surface area contributed by atoms with Gasteiger partial charge in [0.2, 0.25) is 5.89 Å². The fraction of sp³-hybridized carbons (Fsp3) is 0.556. The lowest BCUT2D eigenvalue weighted by Crippen LogP contribution is -2.22. The molecule has 0 fully saturated rings. The molecular weight excluding hydrogens is 246 g/mol. The van der Waals surface area contributed by atoms with Crippen LogP contribution in [0.3, 0.4) is 0 Å². The van der Waals surface area contributed by atoms with Gasteiger partial charge in [-0.05, 0) is 12.8 Å². The number of hydrogen-bond donors (Lipinski definition) is 1. The van der Waals surface area contributed by atoms with E-state index in [0.717, 1.165) is 25.2 Å². The standard InChI is InChI=1S/C9H12BrN3O/c1-6-12-9(13-14-6)5-8-7(10)3-2-4-11-8/h11H,2-5H2,1H3. The molecule has 5 heteroatoms. The Hall–Kier alpha value is -0.840. The average molecular weight is 258 g/mol. The van der Waals surface area contributed by atoms with Gasteiger partial charge in [-0.3, -0.25) is 0 Å². The summed E-state index contributed by atoms with van der Waals surface area (Å²) in [6.45, 7) is 2.83. The molecule has 0 unspecified atom stereocenters. The summed E-state index contributed by atoms with van der Waals surface area (Å²) in [6, 6.07) is 0. The minimum atomic E-state index is 0.618. The second-order valence-corrected chi connectivity index (χ2v) is 4.28. The summed E-state index contributed by atoms with van der Waals surface area (Å²) in [7, 11) is 0. The van der Waals surface area contributed by atoms with Gasteiger partial charge in [0, 0.05) is 23.6 Å². The molecule has 1 aliphatic heterocycles. The third-order valence-electron chi connectivity index (χ3n) is 2.14. The highest BCUT2D eigenvalue weighted by Gasteiger charge is 2.12. The molecule has 0 aromatic carbocycles. The molecule has 0 bridgehead atoms. The van der Waals surface area contributed by atoms with Crippen molar-refractivity contribution in [3.05, 3.63) is 21.9 Å². The van der Waals surface area contributed by atoms with Crippen LogP contribution in [-0.4, -0.2) is 16.7 Å². The first-order chi connectivity index (χ1) is 6.75. The predicted molar refractivity (Wildman–Crippen MR) is 55.9 cm³/mol. The number of halogens is 1. The van der Waals surface area contributed by atoms with Gasteiger partial charge in [-0.1, -0.05) is 21.1 Å². The number of aryl methyl sites for hydroxylation is 1. The van der Waals surface area contributed by atoms with E-state index in [1.54, 1.807) is 6.92 Å². The van der Waals surface area contributed by atoms with Crippen molar-refractivity contribution in [2.24, 2.45) is 0 Å². The van der Waals surface area contributed by atoms with Crippen LogP contribution in [0.4, 0.5) is 0 Å². The molecule has 1 N–H and O–H groups in total. The average Bonchev–Trinajstić information content (AvgIpc) is 2.56. The van der Waals surface area contributed by atoms with E-state index < -0.39 is 0 Å². The summed E-state index contributed by atoms with van der Waals surface area (Å²) in [5, 5.41) is 7.20. The van der Waals surface area contributed by atoms with Gasteiger partial charge in [0.05, 0.1) is 6.42 Å². The van der Waals surface area contributed by atoms with Crippen molar-refractivity contribution in [2.75, 3.05) is 6.54 Å². The first-order valence-electron chi connectivity index (χ1n) is 4.66. The van der Waals surface area contributed by atoms with E-state index in [9.17, 15) is 0 Å². The van der Waals surface area contributed by atoms with Crippen LogP contribution in [-0.2, 0) is 6.42 Å². The molecule has 0 amide bonds. The largest absolute Gasteiger partial charge is 0.387 e. The number of nitrogens with one attached hydrogen (secondary N) is 1. The Labute approximate surface area is 90.9 Å². The fourth-order valence-electron chi connectivity index (χ4n) is 1.46. The smallest absolute Gasteiger partial charge is 0.223 e. The molecule has 0 saturated carbocycles. The summed E-state index contributed by atoms with van der Waals surface area (Å²) in [6.07, 6.45) is 2.99. The van der Waals surface area contributed by atoms with E-state index in [-0.39, 0.29) is 0 Å². The van der Waals surface area contributed by atoms with Gasteiger partial charge in [-0.2, -0.15) is 4.98 Å². The summed E-state index contributed by atoms with van der Waals surface area (Å²) >= 11 is 3.55. The second kappa shape index (κ2) is 4.13. The van der Waals surface area contributed by atoms with E-state index in [1.807, 2.05) is 0 Å². The van der Waals surface area contributed by atoms with E-state index in [2.05, 4.69) is 31.4 Å². The van der Waals surface area contributed by atoms with Crippen molar-refractivity contribution < 1.29 is 4.52 Å². The highest BCUT2D eigenvalue weighted by atomic mass is 79.9. The van der Waals surface area contributed by atoms with Gasteiger partial charge in [0.15, 0.2) is 5.82 Å². The van der Waals surface area contributed by atoms with Crippen molar-refractivity contribution >= 4 is 15.9 Å². The van der Waals surface area contributed by atoms with Crippen LogP contribution in [0.15, 0.2) is 14.7 Å². The SMILES string of the molecule is Cc1nc(CC2=C(Br)CCCN2)no1. The number of nitrogens with zero attached hydrogens (tertiary/aromatic N) is 2. The van der Waals surface area contributed by atoms with Crippen molar-refractivity contribution in [1.82, 2.24) is 15.5 Å². The summed E-state index contributed by atoms with van der Waals surface area (Å²) in [4.78, 5) is 4.17. The Balaban J connectivity index is 2.10. The molecule has 0 spiro atoms. The monoisotopic (exact) mass is 257 g/mol. The van der Waals surface area contributed by atoms with Crippen LogP contribution >= 0.6 is 15.9 Å². The van der Waals surface area contributed by atoms with Gasteiger partial charge in [0.1, 0.15) is 0 Å². The van der Waals surface area contributed by atoms with Crippen molar-refractivity contribution in [3.8, 4) is 0 Å². The minimum absolute atomic E-state index is 0.618. The molecular formula is C9H12BrN3O. The molecule has 0 radical (unpaired) electrons. The van der Waals surface area contributed by atoms with Gasteiger partial charge < -0.3 is 9.84 Å². The molecule has 0 atom stereocenters. The normalized spacial score (nSPS) is 17.0. The van der Waals surface area contributed by atoms with Crippen LogP contribution in [0.2, 0.25) is 0 Å². The number of allylic oxidation sites excluding steroid dienone is 2. The third-order valence-corrected chi connectivity index (χ3v) is 3.02. The molecule has 14 heavy (non-hydrogen) atoms. The van der Waals surface area contributed by atoms with Crippen LogP contribution < -0.4 is 5.32 Å². The maximum atomic E-state index is 4.91. The molecule has 1 aromatic rings. The Morgan fingerprint density at radius 1 is 1.57 bits per heavy atom. The van der Waals surface area contributed by atoms with Gasteiger partial charge >= 0.3 is 0 Å². The van der Waals surface area contributed by atoms with E-state index in [0.29, 0.717) is 5.89 Å². The zero-order chi connectivity index (χ0) is 9.97. The minimum Gasteiger partial charge on any atom is -0.387 e. The lowest BCUT2D eigenvalue weighted by atomic mass is 10.1. The maximum absolute atomic E-state index is 4.91. The molecule has 2 heterocycles. The molecule has 1 aromatic heterocycles. The Bertz CT molecular complexity index is 359. The Kier molecular flexibility index (Phi) is 2.86. The summed E-state index contributed by atoms with van der Waals surface area (Å²) in [5.41, 5.74) is 1.18. The lowest BCUT2D eigenvalue weighted by molar-refractivity contribution is 0.387.